The molecule has 1 fully saturated rings. The van der Waals surface area contributed by atoms with Crippen LogP contribution in [0.5, 0.6) is 5.75 Å². The summed E-state index contributed by atoms with van der Waals surface area (Å²) in [6.07, 6.45) is 2.79. The Labute approximate surface area is 226 Å². The number of halogens is 4. The van der Waals surface area contributed by atoms with Crippen LogP contribution in [0.15, 0.2) is 64.0 Å². The van der Waals surface area contributed by atoms with Gasteiger partial charge in [-0.05, 0) is 81.5 Å². The van der Waals surface area contributed by atoms with Gasteiger partial charge >= 0.3 is 0 Å². The number of thioether (sulfide) groups is 1. The summed E-state index contributed by atoms with van der Waals surface area (Å²) in [6.45, 7) is 2.39. The van der Waals surface area contributed by atoms with Crippen molar-refractivity contribution in [3.63, 3.8) is 0 Å². The molecule has 4 nitrogen and oxygen atoms in total. The second-order valence-electron chi connectivity index (χ2n) is 7.53. The van der Waals surface area contributed by atoms with Gasteiger partial charge in [0.05, 0.1) is 24.4 Å². The van der Waals surface area contributed by atoms with Crippen LogP contribution < -0.4 is 15.4 Å². The van der Waals surface area contributed by atoms with Crippen LogP contribution in [-0.2, 0) is 17.8 Å². The highest BCUT2D eigenvalue weighted by Gasteiger charge is 2.27. The SMILES string of the molecule is CCc1ccc(N[C@H]2NC(=O)/C(=C/c3cc(Cl)c(OCc4ccc(Cl)c(Cl)c4)c(Br)c3)S2)cc1. The van der Waals surface area contributed by atoms with Gasteiger partial charge in [0.1, 0.15) is 6.61 Å². The third-order valence-electron chi connectivity index (χ3n) is 5.08. The summed E-state index contributed by atoms with van der Waals surface area (Å²) in [4.78, 5) is 13.1. The van der Waals surface area contributed by atoms with Crippen LogP contribution in [0.2, 0.25) is 15.1 Å². The molecule has 4 rings (SSSR count). The minimum absolute atomic E-state index is 0.139. The van der Waals surface area contributed by atoms with Gasteiger partial charge < -0.3 is 15.4 Å². The summed E-state index contributed by atoms with van der Waals surface area (Å²) in [5.74, 6) is 0.369. The van der Waals surface area contributed by atoms with Crippen molar-refractivity contribution in [1.29, 1.82) is 0 Å². The molecule has 1 aliphatic rings. The molecular weight excluding hydrogens is 579 g/mol. The quantitative estimate of drug-likeness (QED) is 0.270. The molecule has 3 aromatic rings. The Balaban J connectivity index is 1.43. The Morgan fingerprint density at radius 1 is 1.03 bits per heavy atom. The normalized spacial score (nSPS) is 16.6. The van der Waals surface area contributed by atoms with Crippen LogP contribution in [0.3, 0.4) is 0 Å². The molecule has 1 saturated heterocycles. The average molecular weight is 599 g/mol. The van der Waals surface area contributed by atoms with Gasteiger partial charge in [-0.15, -0.1) is 0 Å². The first-order valence-electron chi connectivity index (χ1n) is 10.4. The second-order valence-corrected chi connectivity index (χ2v) is 10.7. The fourth-order valence-corrected chi connectivity index (χ4v) is 5.58. The third kappa shape index (κ3) is 6.23. The molecule has 0 spiro atoms. The van der Waals surface area contributed by atoms with E-state index in [0.29, 0.717) is 30.2 Å². The highest BCUT2D eigenvalue weighted by Crippen LogP contribution is 2.37. The van der Waals surface area contributed by atoms with E-state index in [-0.39, 0.29) is 18.0 Å². The fourth-order valence-electron chi connectivity index (χ4n) is 3.29. The van der Waals surface area contributed by atoms with Crippen LogP contribution in [0.4, 0.5) is 5.69 Å². The molecule has 0 bridgehead atoms. The molecular formula is C25H20BrCl3N2O2S. The van der Waals surface area contributed by atoms with E-state index in [1.807, 2.05) is 24.3 Å². The van der Waals surface area contributed by atoms with Crippen molar-refractivity contribution in [3.8, 4) is 5.75 Å². The highest BCUT2D eigenvalue weighted by molar-refractivity contribution is 9.10. The number of amides is 1. The van der Waals surface area contributed by atoms with E-state index in [1.165, 1.54) is 17.3 Å². The van der Waals surface area contributed by atoms with Crippen molar-refractivity contribution in [2.75, 3.05) is 5.32 Å². The number of benzene rings is 3. The Hall–Kier alpha value is -1.83. The van der Waals surface area contributed by atoms with Crippen LogP contribution in [0.1, 0.15) is 23.6 Å². The fraction of sp³-hybridized carbons (Fsp3) is 0.160. The van der Waals surface area contributed by atoms with Gasteiger partial charge in [0, 0.05) is 5.69 Å². The summed E-state index contributed by atoms with van der Waals surface area (Å²) >= 11 is 23.5. The van der Waals surface area contributed by atoms with E-state index in [9.17, 15) is 4.79 Å². The molecule has 0 unspecified atom stereocenters. The lowest BCUT2D eigenvalue weighted by atomic mass is 10.1. The summed E-state index contributed by atoms with van der Waals surface area (Å²) < 4.78 is 6.58. The molecule has 0 aromatic heterocycles. The van der Waals surface area contributed by atoms with E-state index in [2.05, 4.69) is 45.6 Å². The monoisotopic (exact) mass is 596 g/mol. The molecule has 2 N–H and O–H groups in total. The van der Waals surface area contributed by atoms with Crippen molar-refractivity contribution in [2.45, 2.75) is 25.4 Å². The number of hydrogen-bond donors (Lipinski definition) is 2. The zero-order chi connectivity index (χ0) is 24.2. The first kappa shape index (κ1) is 25.3. The van der Waals surface area contributed by atoms with Crippen molar-refractivity contribution in [1.82, 2.24) is 5.32 Å². The maximum atomic E-state index is 12.5. The van der Waals surface area contributed by atoms with E-state index in [4.69, 9.17) is 39.5 Å². The molecule has 1 amide bonds. The van der Waals surface area contributed by atoms with Crippen LogP contribution >= 0.6 is 62.5 Å². The van der Waals surface area contributed by atoms with Gasteiger partial charge in [0.25, 0.3) is 5.91 Å². The smallest absolute Gasteiger partial charge is 0.260 e. The van der Waals surface area contributed by atoms with Gasteiger partial charge in [0.15, 0.2) is 11.2 Å². The summed E-state index contributed by atoms with van der Waals surface area (Å²) in [7, 11) is 0. The zero-order valence-electron chi connectivity index (χ0n) is 18.0. The molecule has 1 heterocycles. The van der Waals surface area contributed by atoms with Crippen molar-refractivity contribution >= 4 is 80.2 Å². The molecule has 1 aliphatic heterocycles. The van der Waals surface area contributed by atoms with Crippen LogP contribution in [-0.4, -0.2) is 11.4 Å². The third-order valence-corrected chi connectivity index (χ3v) is 7.71. The van der Waals surface area contributed by atoms with Gasteiger partial charge in [-0.25, -0.2) is 0 Å². The number of hydrogen-bond acceptors (Lipinski definition) is 4. The molecule has 176 valence electrons. The topological polar surface area (TPSA) is 50.4 Å². The Bertz CT molecular complexity index is 1230. The zero-order valence-corrected chi connectivity index (χ0v) is 22.7. The number of rotatable bonds is 7. The van der Waals surface area contributed by atoms with Gasteiger partial charge in [-0.2, -0.15) is 0 Å². The molecule has 3 aromatic carbocycles. The minimum Gasteiger partial charge on any atom is -0.486 e. The number of carbonyl (C=O) groups excluding carboxylic acids is 1. The maximum absolute atomic E-state index is 12.5. The summed E-state index contributed by atoms with van der Waals surface area (Å²) in [6, 6.07) is 17.1. The number of ether oxygens (including phenoxy) is 1. The lowest BCUT2D eigenvalue weighted by Gasteiger charge is -2.13. The molecule has 0 radical (unpaired) electrons. The first-order valence-corrected chi connectivity index (χ1v) is 13.2. The number of nitrogens with one attached hydrogen (secondary N) is 2. The van der Waals surface area contributed by atoms with Crippen molar-refractivity contribution < 1.29 is 9.53 Å². The number of aryl methyl sites for hydroxylation is 1. The van der Waals surface area contributed by atoms with E-state index >= 15 is 0 Å². The minimum atomic E-state index is -0.251. The van der Waals surface area contributed by atoms with Crippen molar-refractivity contribution in [2.24, 2.45) is 0 Å². The van der Waals surface area contributed by atoms with E-state index < -0.39 is 0 Å². The standard InChI is InChI=1S/C25H20BrCl3N2O2S/c1-2-14-3-6-17(7-4-14)30-25-31-24(32)22(34-25)12-16-9-18(26)23(21(29)11-16)33-13-15-5-8-19(27)20(28)10-15/h3-12,25,30H,2,13H2,1H3,(H,31,32)/b22-12-/t25-/m0/s1. The van der Waals surface area contributed by atoms with Crippen LogP contribution in [0.25, 0.3) is 6.08 Å². The molecule has 9 heteroatoms. The largest absolute Gasteiger partial charge is 0.486 e. The maximum Gasteiger partial charge on any atom is 0.260 e. The lowest BCUT2D eigenvalue weighted by molar-refractivity contribution is -0.116. The Kier molecular flexibility index (Phi) is 8.38. The summed E-state index contributed by atoms with van der Waals surface area (Å²) in [5.41, 5.74) is 3.61. The predicted octanol–water partition coefficient (Wildman–Crippen LogP) is 8.15. The molecule has 34 heavy (non-hydrogen) atoms. The Morgan fingerprint density at radius 3 is 2.44 bits per heavy atom. The van der Waals surface area contributed by atoms with Gasteiger partial charge in [-0.1, -0.05) is 71.7 Å². The van der Waals surface area contributed by atoms with E-state index in [0.717, 1.165) is 23.2 Å². The van der Waals surface area contributed by atoms with Gasteiger partial charge in [-0.3, -0.25) is 4.79 Å². The van der Waals surface area contributed by atoms with Gasteiger partial charge in [0.2, 0.25) is 0 Å². The Morgan fingerprint density at radius 2 is 1.76 bits per heavy atom. The first-order chi connectivity index (χ1) is 16.3. The highest BCUT2D eigenvalue weighted by atomic mass is 79.9. The lowest BCUT2D eigenvalue weighted by Crippen LogP contribution is -2.30. The summed E-state index contributed by atoms with van der Waals surface area (Å²) in [5, 5.41) is 7.65. The van der Waals surface area contributed by atoms with E-state index in [1.54, 1.807) is 24.3 Å². The molecule has 0 aliphatic carbocycles. The average Bonchev–Trinajstić information content (AvgIpc) is 3.14. The number of carbonyl (C=O) groups is 1. The van der Waals surface area contributed by atoms with Crippen LogP contribution in [0, 0.1) is 0 Å². The molecule has 0 saturated carbocycles. The van der Waals surface area contributed by atoms with Crippen molar-refractivity contribution in [3.05, 3.63) is 95.7 Å². The second kappa shape index (κ2) is 11.3. The predicted molar refractivity (Wildman–Crippen MR) is 147 cm³/mol. The number of anilines is 1. The molecule has 1 atom stereocenters.